The van der Waals surface area contributed by atoms with Gasteiger partial charge in [-0.15, -0.1) is 0 Å². The normalized spacial score (nSPS) is 14.2. The molecule has 15 heteroatoms. The van der Waals surface area contributed by atoms with Crippen molar-refractivity contribution in [1.29, 1.82) is 0 Å². The third kappa shape index (κ3) is 5.56. The molecule has 0 radical (unpaired) electrons. The molecule has 0 saturated carbocycles. The Balaban J connectivity index is 0.000000166. The number of nitro benzene ring substituents is 1. The van der Waals surface area contributed by atoms with Gasteiger partial charge in [0.05, 0.1) is 26.1 Å². The van der Waals surface area contributed by atoms with Crippen LogP contribution in [-0.4, -0.2) is 23.7 Å². The molecule has 0 aliphatic carbocycles. The Kier molecular flexibility index (Phi) is 8.85. The first kappa shape index (κ1) is 30.1. The van der Waals surface area contributed by atoms with Crippen LogP contribution in [-0.2, 0) is 26.2 Å². The molecule has 6 rings (SSSR count). The molecule has 0 spiro atoms. The maximum Gasteiger partial charge on any atom is 0.288 e. The molecule has 0 unspecified atom stereocenters. The number of benzene rings is 2. The first-order valence-corrected chi connectivity index (χ1v) is 14.9. The highest BCUT2D eigenvalue weighted by Gasteiger charge is 2.27. The van der Waals surface area contributed by atoms with Crippen LogP contribution >= 0.6 is 69.6 Å². The second-order valence-corrected chi connectivity index (χ2v) is 11.9. The summed E-state index contributed by atoms with van der Waals surface area (Å²) in [6, 6.07) is 7.52. The van der Waals surface area contributed by atoms with E-state index >= 15 is 0 Å². The van der Waals surface area contributed by atoms with Crippen molar-refractivity contribution in [2.75, 3.05) is 0 Å². The van der Waals surface area contributed by atoms with Gasteiger partial charge < -0.3 is 0 Å². The zero-order valence-corrected chi connectivity index (χ0v) is 25.7. The first-order chi connectivity index (χ1) is 19.5. The lowest BCUT2D eigenvalue weighted by Gasteiger charge is -2.17. The number of nitrogens with zero attached hydrogens (tertiary/aromatic N) is 5. The molecule has 0 amide bonds. The van der Waals surface area contributed by atoms with E-state index < -0.39 is 4.92 Å². The monoisotopic (exact) mass is 677 g/mol. The number of rotatable bonds is 3. The lowest BCUT2D eigenvalue weighted by molar-refractivity contribution is -0.384. The molecule has 2 aliphatic rings. The van der Waals surface area contributed by atoms with Gasteiger partial charge in [0, 0.05) is 48.4 Å². The summed E-state index contributed by atoms with van der Waals surface area (Å²) in [6.07, 6.45) is 3.83. The van der Waals surface area contributed by atoms with E-state index in [4.69, 9.17) is 69.6 Å². The van der Waals surface area contributed by atoms with E-state index in [1.54, 1.807) is 27.6 Å². The summed E-state index contributed by atoms with van der Waals surface area (Å²) in [6.45, 7) is 2.65. The molecule has 9 nitrogen and oxygen atoms in total. The Hall–Kier alpha value is -2.40. The predicted molar refractivity (Wildman–Crippen MR) is 163 cm³/mol. The number of nitro groups is 1. The number of fused-ring (bicyclic) bond motifs is 2. The van der Waals surface area contributed by atoms with Gasteiger partial charge >= 0.3 is 0 Å². The summed E-state index contributed by atoms with van der Waals surface area (Å²) in [4.78, 5) is 35.4. The summed E-state index contributed by atoms with van der Waals surface area (Å²) in [5.74, 6) is 0. The second kappa shape index (κ2) is 12.1. The van der Waals surface area contributed by atoms with Gasteiger partial charge in [-0.25, -0.2) is 9.36 Å². The van der Waals surface area contributed by atoms with Crippen molar-refractivity contribution in [3.63, 3.8) is 0 Å². The fourth-order valence-electron chi connectivity index (χ4n) is 5.07. The van der Waals surface area contributed by atoms with Gasteiger partial charge in [-0.2, -0.15) is 0 Å². The lowest BCUT2D eigenvalue weighted by Crippen LogP contribution is -2.27. The van der Waals surface area contributed by atoms with E-state index in [0.717, 1.165) is 32.2 Å². The Morgan fingerprint density at radius 1 is 0.610 bits per heavy atom. The predicted octanol–water partition coefficient (Wildman–Crippen LogP) is 8.05. The highest BCUT2D eigenvalue weighted by atomic mass is 35.5. The fourth-order valence-corrected chi connectivity index (χ4v) is 6.83. The highest BCUT2D eigenvalue weighted by molar-refractivity contribution is 6.39. The molecule has 41 heavy (non-hydrogen) atoms. The van der Waals surface area contributed by atoms with Crippen molar-refractivity contribution in [3.05, 3.63) is 91.6 Å². The van der Waals surface area contributed by atoms with Crippen LogP contribution in [0.15, 0.2) is 39.9 Å². The van der Waals surface area contributed by atoms with Gasteiger partial charge in [0.1, 0.15) is 15.3 Å². The topological polar surface area (TPSA) is 97.0 Å². The van der Waals surface area contributed by atoms with Gasteiger partial charge in [-0.05, 0) is 43.9 Å². The van der Waals surface area contributed by atoms with Gasteiger partial charge in [0.2, 0.25) is 0 Å². The third-order valence-corrected chi connectivity index (χ3v) is 8.96. The van der Waals surface area contributed by atoms with E-state index in [-0.39, 0.29) is 43.1 Å². The van der Waals surface area contributed by atoms with Crippen molar-refractivity contribution in [1.82, 2.24) is 18.7 Å². The average Bonchev–Trinajstić information content (AvgIpc) is 3.34. The number of halogens is 6. The minimum Gasteiger partial charge on any atom is -0.271 e. The van der Waals surface area contributed by atoms with Gasteiger partial charge in [0.15, 0.2) is 0 Å². The molecule has 0 bridgehead atoms. The standard InChI is InChI=1S/C13H10Cl3N3O3.C13H11Cl3N2O/c14-8-6-9(15)10(19(21)22)5-7(8)11-12(16)17-3-1-2-4-18(17)13(11)20;14-8-3-4-9(10(15)7-8)11-12(16)17-5-1-2-6-18(17)13(11)19/h5-6H,1-4H2;3-4,7H,1-2,5-6H2. The van der Waals surface area contributed by atoms with Crippen molar-refractivity contribution >= 4 is 75.3 Å². The Bertz CT molecular complexity index is 1810. The maximum atomic E-state index is 12.5. The Morgan fingerprint density at radius 3 is 1.54 bits per heavy atom. The minimum atomic E-state index is -0.621. The zero-order chi connectivity index (χ0) is 29.6. The van der Waals surface area contributed by atoms with E-state index in [0.29, 0.717) is 46.0 Å². The van der Waals surface area contributed by atoms with Crippen LogP contribution in [0.1, 0.15) is 25.7 Å². The van der Waals surface area contributed by atoms with Crippen LogP contribution in [0.2, 0.25) is 30.4 Å². The molecular weight excluding hydrogens is 659 g/mol. The van der Waals surface area contributed by atoms with E-state index in [2.05, 4.69) is 0 Å². The zero-order valence-electron chi connectivity index (χ0n) is 21.2. The second-order valence-electron chi connectivity index (χ2n) is 9.51. The van der Waals surface area contributed by atoms with E-state index in [1.165, 1.54) is 16.8 Å². The molecule has 2 aromatic carbocycles. The van der Waals surface area contributed by atoms with Crippen LogP contribution in [0.5, 0.6) is 0 Å². The number of aromatic nitrogens is 4. The molecule has 0 saturated heterocycles. The quantitative estimate of drug-likeness (QED) is 0.162. The van der Waals surface area contributed by atoms with Crippen LogP contribution in [0.25, 0.3) is 22.3 Å². The van der Waals surface area contributed by atoms with E-state index in [9.17, 15) is 19.7 Å². The maximum absolute atomic E-state index is 12.5. The molecule has 4 heterocycles. The van der Waals surface area contributed by atoms with Crippen molar-refractivity contribution in [2.24, 2.45) is 0 Å². The molecule has 0 N–H and O–H groups in total. The molecular formula is C26H21Cl6N5O4. The van der Waals surface area contributed by atoms with Gasteiger partial charge in [-0.1, -0.05) is 75.7 Å². The summed E-state index contributed by atoms with van der Waals surface area (Å²) in [5, 5.41) is 12.8. The minimum absolute atomic E-state index is 0.0843. The van der Waals surface area contributed by atoms with Crippen molar-refractivity contribution in [3.8, 4) is 22.3 Å². The molecule has 4 aromatic rings. The summed E-state index contributed by atoms with van der Waals surface area (Å²) >= 11 is 36.6. The van der Waals surface area contributed by atoms with Crippen LogP contribution in [0.4, 0.5) is 5.69 Å². The average molecular weight is 680 g/mol. The fraction of sp³-hybridized carbons (Fsp3) is 0.308. The van der Waals surface area contributed by atoms with E-state index in [1.807, 2.05) is 4.68 Å². The number of hydrogen-bond donors (Lipinski definition) is 0. The third-order valence-electron chi connectivity index (χ3n) is 7.03. The highest BCUT2D eigenvalue weighted by Crippen LogP contribution is 2.38. The molecule has 216 valence electrons. The molecule has 2 aliphatic heterocycles. The van der Waals surface area contributed by atoms with Gasteiger partial charge in [-0.3, -0.25) is 29.1 Å². The lowest BCUT2D eigenvalue weighted by atomic mass is 10.1. The van der Waals surface area contributed by atoms with Crippen LogP contribution < -0.4 is 11.1 Å². The summed E-state index contributed by atoms with van der Waals surface area (Å²) < 4.78 is 6.73. The number of hydrogen-bond acceptors (Lipinski definition) is 4. The van der Waals surface area contributed by atoms with Crippen LogP contribution in [0, 0.1) is 10.1 Å². The summed E-state index contributed by atoms with van der Waals surface area (Å²) in [5.41, 5.74) is 0.791. The summed E-state index contributed by atoms with van der Waals surface area (Å²) in [7, 11) is 0. The largest absolute Gasteiger partial charge is 0.288 e. The SMILES string of the molecule is O=c1c(-c2cc([N+](=O)[O-])c(Cl)cc2Cl)c(Cl)n2n1CCCC2.O=c1c(-c2ccc(Cl)cc2Cl)c(Cl)n2n1CCCC2. The Morgan fingerprint density at radius 2 is 1.07 bits per heavy atom. The Labute approximate surface area is 263 Å². The van der Waals surface area contributed by atoms with Crippen LogP contribution in [0.3, 0.4) is 0 Å². The van der Waals surface area contributed by atoms with Gasteiger partial charge in [0.25, 0.3) is 16.8 Å². The first-order valence-electron chi connectivity index (χ1n) is 12.6. The smallest absolute Gasteiger partial charge is 0.271 e. The molecule has 0 fully saturated rings. The van der Waals surface area contributed by atoms with Crippen molar-refractivity contribution in [2.45, 2.75) is 51.9 Å². The van der Waals surface area contributed by atoms with Crippen molar-refractivity contribution < 1.29 is 4.92 Å². The molecule has 2 aromatic heterocycles. The molecule has 0 atom stereocenters.